The predicted octanol–water partition coefficient (Wildman–Crippen LogP) is 3.39. The van der Waals surface area contributed by atoms with Gasteiger partial charge in [-0.1, -0.05) is 59.8 Å². The number of hydrogen-bond donors (Lipinski definition) is 1. The van der Waals surface area contributed by atoms with E-state index in [2.05, 4.69) is 20.4 Å². The first-order chi connectivity index (χ1) is 17.2. The summed E-state index contributed by atoms with van der Waals surface area (Å²) in [5.74, 6) is 1.51. The number of aromatic nitrogens is 2. The molecular formula is C27H31N5O3. The number of nitrogens with one attached hydrogen (secondary N) is 1. The van der Waals surface area contributed by atoms with Crippen LogP contribution in [-0.4, -0.2) is 51.4 Å². The smallest absolute Gasteiger partial charge is 0.241 e. The minimum atomic E-state index is 0.00105. The van der Waals surface area contributed by atoms with E-state index >= 15 is 0 Å². The Labute approximate surface area is 205 Å². The molecule has 2 aromatic carbocycles. The van der Waals surface area contributed by atoms with Gasteiger partial charge in [-0.15, -0.1) is 0 Å². The van der Waals surface area contributed by atoms with E-state index in [-0.39, 0.29) is 17.7 Å². The van der Waals surface area contributed by atoms with Gasteiger partial charge in [0.05, 0.1) is 6.54 Å². The van der Waals surface area contributed by atoms with Crippen molar-refractivity contribution in [3.8, 4) is 11.4 Å². The Bertz CT molecular complexity index is 1150. The highest BCUT2D eigenvalue weighted by Gasteiger charge is 2.26. The lowest BCUT2D eigenvalue weighted by Gasteiger charge is -2.30. The lowest BCUT2D eigenvalue weighted by Crippen LogP contribution is -2.40. The van der Waals surface area contributed by atoms with Gasteiger partial charge in [-0.05, 0) is 43.5 Å². The van der Waals surface area contributed by atoms with E-state index in [0.717, 1.165) is 55.6 Å². The first kappa shape index (κ1) is 23.2. The summed E-state index contributed by atoms with van der Waals surface area (Å²) in [6.07, 6.45) is 3.17. The largest absolute Gasteiger partial charge is 0.352 e. The number of carbonyl (C=O) groups is 2. The fraction of sp³-hybridized carbons (Fsp3) is 0.407. The molecule has 182 valence electrons. The molecule has 2 fully saturated rings. The maximum Gasteiger partial charge on any atom is 0.241 e. The molecule has 2 aliphatic heterocycles. The average Bonchev–Trinajstić information content (AvgIpc) is 3.53. The third-order valence-electron chi connectivity index (χ3n) is 6.92. The molecule has 2 aliphatic rings. The van der Waals surface area contributed by atoms with Crippen molar-refractivity contribution < 1.29 is 14.1 Å². The Morgan fingerprint density at radius 3 is 2.46 bits per heavy atom. The molecule has 0 unspecified atom stereocenters. The normalized spacial score (nSPS) is 17.1. The average molecular weight is 474 g/mol. The SMILES string of the molecule is O=C(NCc1ccccc1CN1CCCC1=O)C1CCN(Cc2nc(-c3ccccc3)no2)CC1. The molecule has 2 saturated heterocycles. The molecule has 0 radical (unpaired) electrons. The van der Waals surface area contributed by atoms with Crippen molar-refractivity contribution in [2.24, 2.45) is 5.92 Å². The van der Waals surface area contributed by atoms with E-state index < -0.39 is 0 Å². The predicted molar refractivity (Wildman–Crippen MR) is 131 cm³/mol. The lowest BCUT2D eigenvalue weighted by atomic mass is 9.95. The molecule has 1 N–H and O–H groups in total. The number of benzene rings is 2. The van der Waals surface area contributed by atoms with Gasteiger partial charge in [-0.25, -0.2) is 0 Å². The van der Waals surface area contributed by atoms with Crippen LogP contribution < -0.4 is 5.32 Å². The zero-order chi connectivity index (χ0) is 24.0. The van der Waals surface area contributed by atoms with Crippen LogP contribution in [0.25, 0.3) is 11.4 Å². The Balaban J connectivity index is 1.09. The van der Waals surface area contributed by atoms with Crippen molar-refractivity contribution in [2.45, 2.75) is 45.3 Å². The van der Waals surface area contributed by atoms with E-state index in [4.69, 9.17) is 4.52 Å². The number of carbonyl (C=O) groups excluding carboxylic acids is 2. The van der Waals surface area contributed by atoms with Gasteiger partial charge in [-0.3, -0.25) is 14.5 Å². The maximum absolute atomic E-state index is 12.9. The highest BCUT2D eigenvalue weighted by atomic mass is 16.5. The first-order valence-electron chi connectivity index (χ1n) is 12.4. The van der Waals surface area contributed by atoms with Crippen LogP contribution >= 0.6 is 0 Å². The zero-order valence-electron chi connectivity index (χ0n) is 19.9. The molecule has 8 nitrogen and oxygen atoms in total. The third kappa shape index (κ3) is 5.77. The zero-order valence-corrected chi connectivity index (χ0v) is 19.9. The van der Waals surface area contributed by atoms with Crippen LogP contribution in [0.2, 0.25) is 0 Å². The third-order valence-corrected chi connectivity index (χ3v) is 6.92. The van der Waals surface area contributed by atoms with Crippen molar-refractivity contribution in [3.05, 3.63) is 71.6 Å². The number of amides is 2. The number of hydrogen-bond acceptors (Lipinski definition) is 6. The van der Waals surface area contributed by atoms with Gasteiger partial charge in [-0.2, -0.15) is 4.98 Å². The number of likely N-dealkylation sites (tertiary alicyclic amines) is 2. The number of piperidine rings is 1. The van der Waals surface area contributed by atoms with Gasteiger partial charge >= 0.3 is 0 Å². The second-order valence-electron chi connectivity index (χ2n) is 9.33. The summed E-state index contributed by atoms with van der Waals surface area (Å²) in [6, 6.07) is 17.8. The summed E-state index contributed by atoms with van der Waals surface area (Å²) in [5.41, 5.74) is 3.11. The molecule has 1 aromatic heterocycles. The molecule has 3 aromatic rings. The Hall–Kier alpha value is -3.52. The molecule has 2 amide bonds. The molecule has 0 aliphatic carbocycles. The van der Waals surface area contributed by atoms with Gasteiger partial charge in [0.1, 0.15) is 0 Å². The number of nitrogens with zero attached hydrogens (tertiary/aromatic N) is 4. The van der Waals surface area contributed by atoms with Crippen LogP contribution in [-0.2, 0) is 29.2 Å². The van der Waals surface area contributed by atoms with Crippen molar-refractivity contribution in [2.75, 3.05) is 19.6 Å². The number of rotatable bonds is 8. The first-order valence-corrected chi connectivity index (χ1v) is 12.4. The summed E-state index contributed by atoms with van der Waals surface area (Å²) in [5, 5.41) is 7.22. The maximum atomic E-state index is 12.9. The summed E-state index contributed by atoms with van der Waals surface area (Å²) >= 11 is 0. The fourth-order valence-corrected chi connectivity index (χ4v) is 4.86. The Kier molecular flexibility index (Phi) is 7.18. The van der Waals surface area contributed by atoms with E-state index in [1.165, 1.54) is 0 Å². The Morgan fingerprint density at radius 1 is 0.971 bits per heavy atom. The second kappa shape index (κ2) is 10.8. The highest BCUT2D eigenvalue weighted by Crippen LogP contribution is 2.22. The molecular weight excluding hydrogens is 442 g/mol. The molecule has 5 rings (SSSR count). The van der Waals surface area contributed by atoms with Crippen LogP contribution in [0.1, 0.15) is 42.7 Å². The summed E-state index contributed by atoms with van der Waals surface area (Å²) in [4.78, 5) is 33.6. The van der Waals surface area contributed by atoms with Crippen molar-refractivity contribution in [3.63, 3.8) is 0 Å². The van der Waals surface area contributed by atoms with Crippen molar-refractivity contribution in [1.82, 2.24) is 25.3 Å². The van der Waals surface area contributed by atoms with Crippen molar-refractivity contribution in [1.29, 1.82) is 0 Å². The van der Waals surface area contributed by atoms with E-state index in [1.54, 1.807) is 0 Å². The lowest BCUT2D eigenvalue weighted by molar-refractivity contribution is -0.128. The molecule has 35 heavy (non-hydrogen) atoms. The van der Waals surface area contributed by atoms with Gasteiger partial charge < -0.3 is 14.7 Å². The molecule has 3 heterocycles. The van der Waals surface area contributed by atoms with E-state index in [9.17, 15) is 9.59 Å². The molecule has 0 saturated carbocycles. The van der Waals surface area contributed by atoms with Gasteiger partial charge in [0, 0.05) is 37.5 Å². The summed E-state index contributed by atoms with van der Waals surface area (Å²) < 4.78 is 5.44. The molecule has 0 bridgehead atoms. The standard InChI is InChI=1S/C27H31N5O3/c33-25-11-6-14-32(25)18-23-10-5-4-9-22(23)17-28-27(34)21-12-15-31(16-13-21)19-24-29-26(30-35-24)20-7-2-1-3-8-20/h1-5,7-10,21H,6,11-19H2,(H,28,34). The summed E-state index contributed by atoms with van der Waals surface area (Å²) in [6.45, 7) is 4.14. The fourth-order valence-electron chi connectivity index (χ4n) is 4.86. The highest BCUT2D eigenvalue weighted by molar-refractivity contribution is 5.79. The minimum absolute atomic E-state index is 0.00105. The van der Waals surface area contributed by atoms with Crippen LogP contribution in [0.4, 0.5) is 0 Å². The van der Waals surface area contributed by atoms with Crippen molar-refractivity contribution >= 4 is 11.8 Å². The minimum Gasteiger partial charge on any atom is -0.352 e. The van der Waals surface area contributed by atoms with Crippen LogP contribution in [0.3, 0.4) is 0 Å². The quantitative estimate of drug-likeness (QED) is 0.539. The molecule has 0 spiro atoms. The Morgan fingerprint density at radius 2 is 1.71 bits per heavy atom. The van der Waals surface area contributed by atoms with E-state index in [1.807, 2.05) is 59.5 Å². The van der Waals surface area contributed by atoms with Crippen LogP contribution in [0.5, 0.6) is 0 Å². The topological polar surface area (TPSA) is 91.6 Å². The van der Waals surface area contributed by atoms with Crippen LogP contribution in [0, 0.1) is 5.92 Å². The second-order valence-corrected chi connectivity index (χ2v) is 9.33. The summed E-state index contributed by atoms with van der Waals surface area (Å²) in [7, 11) is 0. The van der Waals surface area contributed by atoms with Gasteiger partial charge in [0.15, 0.2) is 0 Å². The van der Waals surface area contributed by atoms with Gasteiger partial charge in [0.25, 0.3) is 0 Å². The molecule has 0 atom stereocenters. The molecule has 8 heteroatoms. The van der Waals surface area contributed by atoms with Crippen LogP contribution in [0.15, 0.2) is 59.1 Å². The van der Waals surface area contributed by atoms with Gasteiger partial charge in [0.2, 0.25) is 23.5 Å². The van der Waals surface area contributed by atoms with E-state index in [0.29, 0.717) is 37.8 Å². The monoisotopic (exact) mass is 473 g/mol.